The van der Waals surface area contributed by atoms with Crippen molar-refractivity contribution in [1.82, 2.24) is 5.32 Å². The van der Waals surface area contributed by atoms with Crippen LogP contribution in [0.4, 0.5) is 13.2 Å². The van der Waals surface area contributed by atoms with E-state index >= 15 is 0 Å². The number of benzene rings is 3. The van der Waals surface area contributed by atoms with Gasteiger partial charge >= 0.3 is 6.18 Å². The lowest BCUT2D eigenvalue weighted by Crippen LogP contribution is -2.37. The molecule has 1 atom stereocenters. The molecule has 0 saturated heterocycles. The van der Waals surface area contributed by atoms with Gasteiger partial charge in [0, 0.05) is 0 Å². The molecular formula is C22H20F3NO2. The van der Waals surface area contributed by atoms with Crippen molar-refractivity contribution < 1.29 is 23.0 Å². The van der Waals surface area contributed by atoms with Crippen LogP contribution in [0.2, 0.25) is 0 Å². The summed E-state index contributed by atoms with van der Waals surface area (Å²) in [6.07, 6.45) is -4.55. The Bertz CT molecular complexity index is 859. The van der Waals surface area contributed by atoms with Gasteiger partial charge in [-0.2, -0.15) is 13.2 Å². The number of aromatic hydroxyl groups is 1. The maximum Gasteiger partial charge on any atom is 0.407 e. The Morgan fingerprint density at radius 2 is 1.36 bits per heavy atom. The molecule has 2 N–H and O–H groups in total. The smallest absolute Gasteiger partial charge is 0.407 e. The normalized spacial score (nSPS) is 12.8. The summed E-state index contributed by atoms with van der Waals surface area (Å²) in [7, 11) is 1.30. The first-order valence-corrected chi connectivity index (χ1v) is 8.69. The molecule has 146 valence electrons. The molecule has 0 aliphatic heterocycles. The Hall–Kier alpha value is -2.99. The fourth-order valence-electron chi connectivity index (χ4n) is 3.10. The van der Waals surface area contributed by atoms with Crippen molar-refractivity contribution in [2.75, 3.05) is 7.11 Å². The van der Waals surface area contributed by atoms with E-state index in [0.29, 0.717) is 11.1 Å². The number of hydrogen-bond acceptors (Lipinski definition) is 3. The molecule has 3 nitrogen and oxygen atoms in total. The quantitative estimate of drug-likeness (QED) is 0.596. The van der Waals surface area contributed by atoms with E-state index in [4.69, 9.17) is 4.74 Å². The molecule has 0 spiro atoms. The van der Waals surface area contributed by atoms with Gasteiger partial charge in [0.1, 0.15) is 6.04 Å². The zero-order valence-corrected chi connectivity index (χ0v) is 15.1. The van der Waals surface area contributed by atoms with Crippen molar-refractivity contribution >= 4 is 0 Å². The molecular weight excluding hydrogens is 367 g/mol. The first-order valence-electron chi connectivity index (χ1n) is 8.69. The van der Waals surface area contributed by atoms with Crippen LogP contribution in [-0.4, -0.2) is 18.4 Å². The van der Waals surface area contributed by atoms with Gasteiger partial charge in [0.05, 0.1) is 13.2 Å². The molecule has 3 rings (SSSR count). The second kappa shape index (κ2) is 8.35. The zero-order chi connectivity index (χ0) is 20.1. The van der Waals surface area contributed by atoms with Crippen LogP contribution >= 0.6 is 0 Å². The summed E-state index contributed by atoms with van der Waals surface area (Å²) >= 11 is 0. The van der Waals surface area contributed by atoms with Crippen molar-refractivity contribution in [3.05, 3.63) is 95.6 Å². The largest absolute Gasteiger partial charge is 0.504 e. The van der Waals surface area contributed by atoms with E-state index < -0.39 is 18.3 Å². The lowest BCUT2D eigenvalue weighted by Gasteiger charge is -2.29. The van der Waals surface area contributed by atoms with Crippen molar-refractivity contribution in [2.24, 2.45) is 0 Å². The molecule has 3 aromatic carbocycles. The minimum atomic E-state index is -4.55. The van der Waals surface area contributed by atoms with Crippen LogP contribution in [0.15, 0.2) is 78.9 Å². The van der Waals surface area contributed by atoms with E-state index in [1.165, 1.54) is 25.3 Å². The number of methoxy groups -OCH3 is 1. The van der Waals surface area contributed by atoms with Crippen LogP contribution in [0.5, 0.6) is 11.5 Å². The average Bonchev–Trinajstić information content (AvgIpc) is 2.70. The van der Waals surface area contributed by atoms with E-state index in [-0.39, 0.29) is 17.1 Å². The molecule has 0 fully saturated rings. The number of alkyl halides is 3. The first kappa shape index (κ1) is 19.8. The maximum atomic E-state index is 14.0. The summed E-state index contributed by atoms with van der Waals surface area (Å²) in [5.74, 6) is -0.223. The third-order valence-corrected chi connectivity index (χ3v) is 4.46. The number of ether oxygens (including phenoxy) is 1. The van der Waals surface area contributed by atoms with Gasteiger partial charge < -0.3 is 9.84 Å². The standard InChI is InChI=1S/C22H20F3NO2/c1-28-19-14-17(12-13-18(19)27)21(22(23,24)25)26-20(15-8-4-2-5-9-15)16-10-6-3-7-11-16/h2-14,20-21,26-27H,1H3. The minimum Gasteiger partial charge on any atom is -0.504 e. The monoisotopic (exact) mass is 387 g/mol. The third-order valence-electron chi connectivity index (χ3n) is 4.46. The Morgan fingerprint density at radius 1 is 0.821 bits per heavy atom. The number of hydrogen-bond donors (Lipinski definition) is 2. The summed E-state index contributed by atoms with van der Waals surface area (Å²) in [6.45, 7) is 0. The Morgan fingerprint density at radius 3 is 1.82 bits per heavy atom. The molecule has 0 aliphatic rings. The number of nitrogens with one attached hydrogen (secondary N) is 1. The molecule has 0 saturated carbocycles. The summed E-state index contributed by atoms with van der Waals surface area (Å²) in [4.78, 5) is 0. The highest BCUT2D eigenvalue weighted by Crippen LogP contribution is 2.39. The molecule has 0 bridgehead atoms. The van der Waals surface area contributed by atoms with Gasteiger partial charge in [-0.3, -0.25) is 5.32 Å². The average molecular weight is 387 g/mol. The highest BCUT2D eigenvalue weighted by Gasteiger charge is 2.42. The molecule has 0 heterocycles. The van der Waals surface area contributed by atoms with Crippen LogP contribution in [-0.2, 0) is 0 Å². The minimum absolute atomic E-state index is 0.00970. The first-order chi connectivity index (χ1) is 13.4. The van der Waals surface area contributed by atoms with Gasteiger partial charge in [-0.05, 0) is 28.8 Å². The maximum absolute atomic E-state index is 14.0. The molecule has 0 radical (unpaired) electrons. The summed E-state index contributed by atoms with van der Waals surface area (Å²) in [5, 5.41) is 12.5. The molecule has 1 unspecified atom stereocenters. The molecule has 0 aliphatic carbocycles. The van der Waals surface area contributed by atoms with E-state index in [1.807, 2.05) is 12.1 Å². The fraction of sp³-hybridized carbons (Fsp3) is 0.182. The predicted octanol–water partition coefficient (Wildman–Crippen LogP) is 5.38. The zero-order valence-electron chi connectivity index (χ0n) is 15.1. The summed E-state index contributed by atoms with van der Waals surface area (Å²) in [6, 6.07) is 19.0. The van der Waals surface area contributed by atoms with E-state index in [0.717, 1.165) is 0 Å². The second-order valence-electron chi connectivity index (χ2n) is 6.33. The van der Waals surface area contributed by atoms with Gasteiger partial charge in [0.25, 0.3) is 0 Å². The Kier molecular flexibility index (Phi) is 5.90. The van der Waals surface area contributed by atoms with Crippen LogP contribution in [0.1, 0.15) is 28.8 Å². The number of phenolic OH excluding ortho intramolecular Hbond substituents is 1. The SMILES string of the molecule is COc1cc(C(NC(c2ccccc2)c2ccccc2)C(F)(F)F)ccc1O. The lowest BCUT2D eigenvalue weighted by atomic mass is 9.96. The van der Waals surface area contributed by atoms with Crippen molar-refractivity contribution in [3.8, 4) is 11.5 Å². The number of rotatable bonds is 6. The summed E-state index contributed by atoms with van der Waals surface area (Å²) < 4.78 is 46.9. The third kappa shape index (κ3) is 4.46. The highest BCUT2D eigenvalue weighted by atomic mass is 19.4. The van der Waals surface area contributed by atoms with Gasteiger partial charge in [0.15, 0.2) is 11.5 Å². The molecule has 3 aromatic rings. The van der Waals surface area contributed by atoms with Crippen LogP contribution < -0.4 is 10.1 Å². The predicted molar refractivity (Wildman–Crippen MR) is 101 cm³/mol. The number of phenols is 1. The van der Waals surface area contributed by atoms with E-state index in [2.05, 4.69) is 5.32 Å². The van der Waals surface area contributed by atoms with Crippen LogP contribution in [0.25, 0.3) is 0 Å². The summed E-state index contributed by atoms with van der Waals surface area (Å²) in [5.41, 5.74) is 1.39. The Labute approximate surface area is 161 Å². The van der Waals surface area contributed by atoms with Crippen molar-refractivity contribution in [1.29, 1.82) is 0 Å². The van der Waals surface area contributed by atoms with Crippen LogP contribution in [0, 0.1) is 0 Å². The van der Waals surface area contributed by atoms with Crippen LogP contribution in [0.3, 0.4) is 0 Å². The topological polar surface area (TPSA) is 41.5 Å². The van der Waals surface area contributed by atoms with Gasteiger partial charge in [0.2, 0.25) is 0 Å². The van der Waals surface area contributed by atoms with Gasteiger partial charge in [-0.1, -0.05) is 66.7 Å². The molecule has 28 heavy (non-hydrogen) atoms. The second-order valence-corrected chi connectivity index (χ2v) is 6.33. The van der Waals surface area contributed by atoms with Crippen molar-refractivity contribution in [3.63, 3.8) is 0 Å². The number of halogens is 3. The van der Waals surface area contributed by atoms with E-state index in [9.17, 15) is 18.3 Å². The molecule has 0 aromatic heterocycles. The van der Waals surface area contributed by atoms with E-state index in [1.54, 1.807) is 48.5 Å². The van der Waals surface area contributed by atoms with Gasteiger partial charge in [-0.25, -0.2) is 0 Å². The Balaban J connectivity index is 2.04. The fourth-order valence-corrected chi connectivity index (χ4v) is 3.10. The highest BCUT2D eigenvalue weighted by molar-refractivity contribution is 5.43. The lowest BCUT2D eigenvalue weighted by molar-refractivity contribution is -0.159. The van der Waals surface area contributed by atoms with Gasteiger partial charge in [-0.15, -0.1) is 0 Å². The molecule has 6 heteroatoms. The van der Waals surface area contributed by atoms with Crippen molar-refractivity contribution in [2.45, 2.75) is 18.3 Å². The molecule has 0 amide bonds.